The molecule has 6 atom stereocenters. The third-order valence-electron chi connectivity index (χ3n) is 14.7. The molecule has 1 amide bonds. The number of nitriles is 1. The van der Waals surface area contributed by atoms with Gasteiger partial charge in [0, 0.05) is 43.0 Å². The van der Waals surface area contributed by atoms with E-state index in [0.717, 1.165) is 47.4 Å². The maximum Gasteiger partial charge on any atom is 0.319 e. The first-order valence-corrected chi connectivity index (χ1v) is 24.1. The largest absolute Gasteiger partial charge is 0.489 e. The van der Waals surface area contributed by atoms with E-state index in [9.17, 15) is 14.4 Å². The monoisotopic (exact) mass is 952 g/mol. The quantitative estimate of drug-likeness (QED) is 0.101. The second kappa shape index (κ2) is 16.4. The van der Waals surface area contributed by atoms with Crippen LogP contribution in [-0.4, -0.2) is 94.9 Å². The van der Waals surface area contributed by atoms with Crippen LogP contribution in [0.4, 0.5) is 24.0 Å². The van der Waals surface area contributed by atoms with Gasteiger partial charge in [0.2, 0.25) is 5.91 Å². The summed E-state index contributed by atoms with van der Waals surface area (Å²) in [6.45, 7) is 2.09. The summed E-state index contributed by atoms with van der Waals surface area (Å²) in [5.41, 5.74) is 7.90. The van der Waals surface area contributed by atoms with E-state index < -0.39 is 34.9 Å². The Labute approximate surface area is 398 Å². The van der Waals surface area contributed by atoms with Gasteiger partial charge in [-0.2, -0.15) is 15.2 Å². The van der Waals surface area contributed by atoms with Crippen molar-refractivity contribution in [1.29, 1.82) is 5.26 Å². The van der Waals surface area contributed by atoms with Crippen molar-refractivity contribution in [3.63, 3.8) is 0 Å². The zero-order valence-electron chi connectivity index (χ0n) is 36.6. The van der Waals surface area contributed by atoms with Gasteiger partial charge in [0.25, 0.3) is 0 Å². The van der Waals surface area contributed by atoms with Gasteiger partial charge in [0.1, 0.15) is 53.6 Å². The van der Waals surface area contributed by atoms with Crippen LogP contribution in [-0.2, 0) is 10.3 Å². The van der Waals surface area contributed by atoms with Gasteiger partial charge in [-0.1, -0.05) is 109 Å². The molecule has 4 fully saturated rings. The van der Waals surface area contributed by atoms with Crippen molar-refractivity contribution in [2.24, 2.45) is 0 Å². The van der Waals surface area contributed by atoms with Gasteiger partial charge >= 0.3 is 6.01 Å². The number of benzene rings is 5. The summed E-state index contributed by atoms with van der Waals surface area (Å²) in [5, 5.41) is 13.8. The lowest BCUT2D eigenvalue weighted by molar-refractivity contribution is -0.122. The molecule has 5 aliphatic heterocycles. The van der Waals surface area contributed by atoms with Gasteiger partial charge < -0.3 is 25.4 Å². The van der Waals surface area contributed by atoms with E-state index in [1.54, 1.807) is 0 Å². The van der Waals surface area contributed by atoms with Crippen LogP contribution in [0.2, 0.25) is 5.02 Å². The van der Waals surface area contributed by atoms with Gasteiger partial charge in [-0.05, 0) is 54.1 Å². The second-order valence-electron chi connectivity index (χ2n) is 18.5. The van der Waals surface area contributed by atoms with Crippen LogP contribution in [0.3, 0.4) is 0 Å². The number of anilines is 2. The Balaban J connectivity index is 0.912. The summed E-state index contributed by atoms with van der Waals surface area (Å²) in [6, 6.07) is 34.1. The molecule has 1 unspecified atom stereocenters. The van der Waals surface area contributed by atoms with Crippen LogP contribution in [0.1, 0.15) is 47.9 Å². The molecule has 0 saturated carbocycles. The van der Waals surface area contributed by atoms with Crippen LogP contribution >= 0.6 is 22.9 Å². The Morgan fingerprint density at radius 2 is 1.66 bits per heavy atom. The summed E-state index contributed by atoms with van der Waals surface area (Å²) >= 11 is 8.11. The van der Waals surface area contributed by atoms with Crippen molar-refractivity contribution in [3.8, 4) is 29.0 Å². The van der Waals surface area contributed by atoms with E-state index in [-0.39, 0.29) is 90.7 Å². The number of alkyl halides is 1. The van der Waals surface area contributed by atoms with Gasteiger partial charge in [0.15, 0.2) is 11.6 Å². The maximum absolute atomic E-state index is 17.7. The van der Waals surface area contributed by atoms with Crippen molar-refractivity contribution in [3.05, 3.63) is 142 Å². The zero-order chi connectivity index (χ0) is 46.5. The Hall–Kier alpha value is -6.44. The Bertz CT molecular complexity index is 3100. The van der Waals surface area contributed by atoms with E-state index in [1.165, 1.54) is 12.1 Å². The molecule has 344 valence electrons. The van der Waals surface area contributed by atoms with E-state index in [0.29, 0.717) is 38.3 Å². The molecule has 16 heteroatoms. The van der Waals surface area contributed by atoms with Crippen LogP contribution in [0.5, 0.6) is 11.8 Å². The fourth-order valence-electron chi connectivity index (χ4n) is 11.7. The highest BCUT2D eigenvalue weighted by Gasteiger charge is 2.56. The highest BCUT2D eigenvalue weighted by atomic mass is 35.5. The molecule has 11 nitrogen and oxygen atoms in total. The minimum atomic E-state index is -0.994. The standard InChI is InChI=1S/C52H44ClF3N8O3S/c53-42-40(35-17-18-37(55)46-39(35)36(23-57)47(58)68-46)43(56)44-41-45(42)66-27-34-21-33(25-63(34)48(41)61-50(60-44)67-28-51-19-10-20-62(51)24-32(54)22-51)59-49(65)38-26-64(38)52(29-11-4-1-5-12-29,30-13-6-2-7-14-30)31-15-8-3-9-16-31/h1-9,11-18,32-34,38H,10,19-22,24-28,58H2,(H,59,65)/t32-,33-,34+,38-,51+,64?/m1/s1. The number of ether oxygens (including phenoxy) is 2. The first-order valence-electron chi connectivity index (χ1n) is 22.9. The van der Waals surface area contributed by atoms with Crippen LogP contribution in [0.15, 0.2) is 103 Å². The lowest BCUT2D eigenvalue weighted by Gasteiger charge is -2.38. The fourth-order valence-corrected chi connectivity index (χ4v) is 13.0. The number of thiophene rings is 1. The summed E-state index contributed by atoms with van der Waals surface area (Å²) in [6.07, 6.45) is 1.42. The summed E-state index contributed by atoms with van der Waals surface area (Å²) in [4.78, 5) is 30.6. The van der Waals surface area contributed by atoms with Crippen molar-refractivity contribution in [2.45, 2.75) is 61.1 Å². The maximum atomic E-state index is 17.7. The molecule has 5 aliphatic rings. The number of nitrogens with zero attached hydrogens (tertiary/aromatic N) is 6. The third-order valence-corrected chi connectivity index (χ3v) is 16.1. The number of nitrogen functional groups attached to an aromatic ring is 1. The van der Waals surface area contributed by atoms with E-state index in [1.807, 2.05) is 59.5 Å². The Kier molecular flexibility index (Phi) is 10.3. The molecule has 3 N–H and O–H groups in total. The zero-order valence-corrected chi connectivity index (χ0v) is 38.2. The third kappa shape index (κ3) is 6.63. The molecule has 68 heavy (non-hydrogen) atoms. The Morgan fingerprint density at radius 3 is 2.34 bits per heavy atom. The number of fused-ring (bicyclic) bond motifs is 4. The van der Waals surface area contributed by atoms with E-state index in [4.69, 9.17) is 31.8 Å². The molecule has 2 aromatic heterocycles. The number of aromatic nitrogens is 2. The molecule has 0 aliphatic carbocycles. The van der Waals surface area contributed by atoms with E-state index in [2.05, 4.69) is 62.6 Å². The number of carbonyl (C=O) groups is 1. The summed E-state index contributed by atoms with van der Waals surface area (Å²) < 4.78 is 60.9. The van der Waals surface area contributed by atoms with Crippen molar-refractivity contribution >= 4 is 60.7 Å². The number of nitrogens with two attached hydrogens (primary N) is 1. The van der Waals surface area contributed by atoms with E-state index >= 15 is 8.78 Å². The van der Waals surface area contributed by atoms with Gasteiger partial charge in [-0.25, -0.2) is 13.2 Å². The molecule has 0 radical (unpaired) electrons. The number of carbonyl (C=O) groups excluding carboxylic acids is 1. The van der Waals surface area contributed by atoms with Crippen LogP contribution in [0.25, 0.3) is 32.1 Å². The first-order chi connectivity index (χ1) is 33.1. The lowest BCUT2D eigenvalue weighted by atomic mass is 9.76. The van der Waals surface area contributed by atoms with Crippen LogP contribution < -0.4 is 25.4 Å². The topological polar surface area (TPSA) is 133 Å². The van der Waals surface area contributed by atoms with Gasteiger partial charge in [-0.15, -0.1) is 11.3 Å². The van der Waals surface area contributed by atoms with Crippen molar-refractivity contribution < 1.29 is 27.4 Å². The Morgan fingerprint density at radius 1 is 0.971 bits per heavy atom. The minimum Gasteiger partial charge on any atom is -0.489 e. The van der Waals surface area contributed by atoms with Gasteiger partial charge in [-0.3, -0.25) is 14.6 Å². The molecule has 12 rings (SSSR count). The second-order valence-corrected chi connectivity index (χ2v) is 20.0. The number of hydrogen-bond acceptors (Lipinski definition) is 11. The summed E-state index contributed by atoms with van der Waals surface area (Å²) in [5.74, 6) is -1.15. The molecule has 0 bridgehead atoms. The smallest absolute Gasteiger partial charge is 0.319 e. The first kappa shape index (κ1) is 42.9. The highest BCUT2D eigenvalue weighted by Crippen LogP contribution is 2.53. The number of nitrogens with one attached hydrogen (secondary N) is 1. The SMILES string of the molecule is N#Cc1c(N)sc2c(F)ccc(-c3c(Cl)c4c5c(nc(OC[C@@]67CCCN6C[C@H](F)C7)nc5c3F)N3C[C@H](NC(=O)[C@H]5CN5C(c5ccccc5)(c5ccccc5)c5ccccc5)C[C@H]3CO4)c12. The van der Waals surface area contributed by atoms with Crippen LogP contribution in [0, 0.1) is 23.0 Å². The molecule has 4 saturated heterocycles. The molecular formula is C52H44ClF3N8O3S. The minimum absolute atomic E-state index is 0.00582. The van der Waals surface area contributed by atoms with Crippen molar-refractivity contribution in [1.82, 2.24) is 25.1 Å². The average Bonchev–Trinajstić information content (AvgIpc) is 3.59. The van der Waals surface area contributed by atoms with Gasteiger partial charge in [0.05, 0.1) is 37.8 Å². The molecule has 0 spiro atoms. The number of rotatable bonds is 10. The highest BCUT2D eigenvalue weighted by molar-refractivity contribution is 7.23. The molecule has 5 aromatic carbocycles. The lowest BCUT2D eigenvalue weighted by Crippen LogP contribution is -2.44. The normalized spacial score (nSPS) is 24.0. The number of amides is 1. The predicted molar refractivity (Wildman–Crippen MR) is 256 cm³/mol. The average molecular weight is 953 g/mol. The number of halogens is 4. The van der Waals surface area contributed by atoms with Crippen molar-refractivity contribution in [2.75, 3.05) is 50.0 Å². The molecular weight excluding hydrogens is 909 g/mol. The molecule has 7 aromatic rings. The summed E-state index contributed by atoms with van der Waals surface area (Å²) in [7, 11) is 0. The predicted octanol–water partition coefficient (Wildman–Crippen LogP) is 8.98. The molecule has 7 heterocycles. The fraction of sp³-hybridized carbons (Fsp3) is 0.308. The number of hydrogen-bond donors (Lipinski definition) is 2.